The number of nitrogens with one attached hydrogen (secondary N) is 2. The minimum absolute atomic E-state index is 0.0619. The molecule has 2 heterocycles. The lowest BCUT2D eigenvalue weighted by molar-refractivity contribution is -0.153. The Labute approximate surface area is 352 Å². The molecule has 0 saturated heterocycles. The van der Waals surface area contributed by atoms with Gasteiger partial charge in [-0.2, -0.15) is 10.5 Å². The second-order valence-electron chi connectivity index (χ2n) is 11.2. The van der Waals surface area contributed by atoms with Gasteiger partial charge in [-0.25, -0.2) is 14.8 Å². The van der Waals surface area contributed by atoms with Gasteiger partial charge >= 0.3 is 11.9 Å². The van der Waals surface area contributed by atoms with E-state index in [-0.39, 0.29) is 43.2 Å². The number of nitriles is 2. The van der Waals surface area contributed by atoms with Crippen LogP contribution in [-0.4, -0.2) is 79.2 Å². The lowest BCUT2D eigenvalue weighted by Gasteiger charge is -2.13. The summed E-state index contributed by atoms with van der Waals surface area (Å²) in [4.78, 5) is 53.6. The number of pyridine rings is 1. The van der Waals surface area contributed by atoms with E-state index in [0.29, 0.717) is 44.3 Å². The summed E-state index contributed by atoms with van der Waals surface area (Å²) in [5, 5.41) is 25.2. The number of rotatable bonds is 15. The van der Waals surface area contributed by atoms with Crippen molar-refractivity contribution in [2.75, 3.05) is 39.1 Å². The molecule has 4 aromatic rings. The van der Waals surface area contributed by atoms with Gasteiger partial charge in [0.25, 0.3) is 0 Å². The number of ether oxygens (including phenoxy) is 3. The maximum atomic E-state index is 11.4. The van der Waals surface area contributed by atoms with Gasteiger partial charge in [0.1, 0.15) is 66.4 Å². The third-order valence-electron chi connectivity index (χ3n) is 7.12. The highest BCUT2D eigenvalue weighted by Crippen LogP contribution is 2.37. The van der Waals surface area contributed by atoms with Gasteiger partial charge in [0.05, 0.1) is 31.0 Å². The molecule has 4 rings (SSSR count). The van der Waals surface area contributed by atoms with Crippen LogP contribution in [0.15, 0.2) is 64.2 Å². The van der Waals surface area contributed by atoms with Gasteiger partial charge < -0.3 is 46.5 Å². The Morgan fingerprint density at radius 3 is 2.07 bits per heavy atom. The topological polar surface area (TPSA) is 285 Å². The van der Waals surface area contributed by atoms with Crippen LogP contribution >= 0.6 is 23.4 Å². The number of methoxy groups -OCH3 is 1. The molecule has 19 heteroatoms. The minimum atomic E-state index is -0.850. The summed E-state index contributed by atoms with van der Waals surface area (Å²) in [6.45, 7) is 10.0. The standard InChI is InChI=1S/C24H16ClN5O2S.C12H22N4O6.2C2H6/c1-31-18-8-4-14(5-9-18)21-19(10-26)22(28)30-24(20(21)11-27)33-13-17-12-32-23(29-17)15-2-6-16(25)7-3-15;1-7(14)11(19)15-6-10(18)21-3-4-22-12(20)8(2)16-9(17)5-13;2*1-2/h2-9,12H,13H2,1H3,(H2,28,30);7-8H,3-6,13-14H2,1-2H3,(H,15,19)(H,16,17);2*1-2H3/t;7-,8-;;/m.0../s1. The van der Waals surface area contributed by atoms with Gasteiger partial charge in [0, 0.05) is 21.9 Å². The molecule has 0 unspecified atom stereocenters. The van der Waals surface area contributed by atoms with Crippen molar-refractivity contribution in [3.8, 4) is 40.5 Å². The quantitative estimate of drug-likeness (QED) is 0.0613. The van der Waals surface area contributed by atoms with Crippen molar-refractivity contribution in [3.63, 3.8) is 0 Å². The number of thioether (sulfide) groups is 1. The van der Waals surface area contributed by atoms with Crippen molar-refractivity contribution < 1.29 is 37.8 Å². The average molecular weight is 852 g/mol. The van der Waals surface area contributed by atoms with E-state index in [4.69, 9.17) is 47.4 Å². The van der Waals surface area contributed by atoms with Crippen molar-refractivity contribution in [2.45, 2.75) is 64.4 Å². The lowest BCUT2D eigenvalue weighted by atomic mass is 9.97. The van der Waals surface area contributed by atoms with E-state index in [1.165, 1.54) is 25.6 Å². The van der Waals surface area contributed by atoms with Crippen LogP contribution < -0.4 is 32.6 Å². The first kappa shape index (κ1) is 50.8. The van der Waals surface area contributed by atoms with Crippen LogP contribution in [-0.2, 0) is 34.4 Å². The third-order valence-corrected chi connectivity index (χ3v) is 8.38. The van der Waals surface area contributed by atoms with E-state index in [2.05, 4.69) is 32.7 Å². The van der Waals surface area contributed by atoms with Crippen LogP contribution in [0.25, 0.3) is 22.6 Å². The van der Waals surface area contributed by atoms with Crippen LogP contribution in [0.1, 0.15) is 58.4 Å². The number of oxazole rings is 1. The Hall–Kier alpha value is -6.18. The van der Waals surface area contributed by atoms with E-state index in [1.807, 2.05) is 39.8 Å². The second-order valence-corrected chi connectivity index (χ2v) is 12.6. The van der Waals surface area contributed by atoms with Crippen molar-refractivity contribution in [2.24, 2.45) is 11.5 Å². The Kier molecular flexibility index (Phi) is 23.7. The summed E-state index contributed by atoms with van der Waals surface area (Å²) >= 11 is 7.23. The average Bonchev–Trinajstić information content (AvgIpc) is 3.74. The number of carbonyl (C=O) groups is 4. The molecule has 17 nitrogen and oxygen atoms in total. The monoisotopic (exact) mass is 851 g/mol. The van der Waals surface area contributed by atoms with Gasteiger partial charge in [-0.1, -0.05) is 63.2 Å². The molecule has 0 fully saturated rings. The number of nitrogens with two attached hydrogens (primary N) is 3. The molecule has 8 N–H and O–H groups in total. The van der Waals surface area contributed by atoms with E-state index in [9.17, 15) is 29.7 Å². The largest absolute Gasteiger partial charge is 0.497 e. The highest BCUT2D eigenvalue weighted by Gasteiger charge is 2.21. The Morgan fingerprint density at radius 2 is 1.51 bits per heavy atom. The molecule has 2 aromatic heterocycles. The summed E-state index contributed by atoms with van der Waals surface area (Å²) < 4.78 is 20.3. The number of hydrogen-bond acceptors (Lipinski definition) is 16. The number of hydrogen-bond donors (Lipinski definition) is 5. The smallest absolute Gasteiger partial charge is 0.328 e. The first-order valence-electron chi connectivity index (χ1n) is 18.3. The zero-order valence-corrected chi connectivity index (χ0v) is 35.5. The highest BCUT2D eigenvalue weighted by molar-refractivity contribution is 7.98. The van der Waals surface area contributed by atoms with Gasteiger partial charge in [-0.15, -0.1) is 0 Å². The number of nitrogens with zero attached hydrogens (tertiary/aromatic N) is 4. The first-order chi connectivity index (χ1) is 28.3. The second kappa shape index (κ2) is 27.5. The van der Waals surface area contributed by atoms with E-state index in [0.717, 1.165) is 5.56 Å². The minimum Gasteiger partial charge on any atom is -0.497 e. The van der Waals surface area contributed by atoms with Crippen LogP contribution in [0.4, 0.5) is 5.82 Å². The number of aromatic nitrogens is 2. The Bertz CT molecular complexity index is 2050. The molecule has 0 radical (unpaired) electrons. The van der Waals surface area contributed by atoms with Crippen LogP contribution in [0.5, 0.6) is 5.75 Å². The Balaban J connectivity index is 0.000000586. The highest BCUT2D eigenvalue weighted by atomic mass is 35.5. The van der Waals surface area contributed by atoms with E-state index < -0.39 is 35.8 Å². The molecule has 2 amide bonds. The summed E-state index contributed by atoms with van der Waals surface area (Å²) in [6, 6.07) is 16.9. The molecule has 0 bridgehead atoms. The van der Waals surface area contributed by atoms with Crippen molar-refractivity contribution >= 4 is 52.9 Å². The summed E-state index contributed by atoms with van der Waals surface area (Å²) in [7, 11) is 1.57. The number of amides is 2. The fraction of sp³-hybridized carbons (Fsp3) is 0.350. The van der Waals surface area contributed by atoms with Crippen LogP contribution in [0.2, 0.25) is 5.02 Å². The summed E-state index contributed by atoms with van der Waals surface area (Å²) in [5.74, 6) is -0.742. The number of halogens is 1. The number of carbonyl (C=O) groups excluding carboxylic acids is 4. The molecule has 0 aliphatic rings. The molecule has 0 saturated carbocycles. The molecule has 59 heavy (non-hydrogen) atoms. The van der Waals surface area contributed by atoms with E-state index in [1.54, 1.807) is 49.8 Å². The van der Waals surface area contributed by atoms with Crippen LogP contribution in [0.3, 0.4) is 0 Å². The predicted octanol–water partition coefficient (Wildman–Crippen LogP) is 4.74. The predicted molar refractivity (Wildman–Crippen MR) is 225 cm³/mol. The maximum Gasteiger partial charge on any atom is 0.328 e. The summed E-state index contributed by atoms with van der Waals surface area (Å²) in [6.07, 6.45) is 1.56. The fourth-order valence-electron chi connectivity index (χ4n) is 4.34. The van der Waals surface area contributed by atoms with Crippen molar-refractivity contribution in [3.05, 3.63) is 76.6 Å². The van der Waals surface area contributed by atoms with Crippen molar-refractivity contribution in [1.82, 2.24) is 20.6 Å². The first-order valence-corrected chi connectivity index (χ1v) is 19.6. The molecule has 2 aromatic carbocycles. The van der Waals surface area contributed by atoms with Gasteiger partial charge in [-0.3, -0.25) is 14.4 Å². The molecule has 0 aliphatic carbocycles. The Morgan fingerprint density at radius 1 is 0.915 bits per heavy atom. The SMILES string of the molecule is CC.CC.COc1ccc(-c2c(C#N)c(N)nc(SCc3coc(-c4ccc(Cl)cc4)n3)c2C#N)cc1.C[C@H](N)C(=O)NCC(=O)OCCOC(=O)[C@H](C)NC(=O)CN. The van der Waals surface area contributed by atoms with Gasteiger partial charge in [-0.05, 0) is 55.8 Å². The number of esters is 2. The van der Waals surface area contributed by atoms with Crippen molar-refractivity contribution in [1.29, 1.82) is 10.5 Å². The van der Waals surface area contributed by atoms with Crippen LogP contribution in [0, 0.1) is 22.7 Å². The summed E-state index contributed by atoms with van der Waals surface area (Å²) in [5.41, 5.74) is 19.5. The van der Waals surface area contributed by atoms with Gasteiger partial charge in [0.15, 0.2) is 0 Å². The lowest BCUT2D eigenvalue weighted by Crippen LogP contribution is -2.42. The molecule has 0 spiro atoms. The molecule has 2 atom stereocenters. The number of anilines is 1. The molecular weight excluding hydrogens is 802 g/mol. The van der Waals surface area contributed by atoms with Gasteiger partial charge in [0.2, 0.25) is 17.7 Å². The third kappa shape index (κ3) is 16.7. The molecular formula is C40H50ClN9O8S. The normalized spacial score (nSPS) is 10.8. The molecule has 316 valence electrons. The molecule has 0 aliphatic heterocycles. The zero-order chi connectivity index (χ0) is 44.5. The zero-order valence-electron chi connectivity index (χ0n) is 34.0. The van der Waals surface area contributed by atoms with E-state index >= 15 is 0 Å². The number of benzene rings is 2. The fourth-order valence-corrected chi connectivity index (χ4v) is 5.34. The number of nitrogen functional groups attached to an aromatic ring is 1. The maximum absolute atomic E-state index is 11.4.